The van der Waals surface area contributed by atoms with Crippen LogP contribution < -0.4 is 0 Å². The van der Waals surface area contributed by atoms with Crippen LogP contribution >= 0.6 is 0 Å². The number of halogens is 1. The molecule has 3 rings (SSSR count). The van der Waals surface area contributed by atoms with E-state index in [0.717, 1.165) is 31.2 Å². The Morgan fingerprint density at radius 2 is 2.10 bits per heavy atom. The lowest BCUT2D eigenvalue weighted by Crippen LogP contribution is -2.42. The van der Waals surface area contributed by atoms with Crippen LogP contribution in [0.1, 0.15) is 36.2 Å². The number of aromatic amines is 1. The summed E-state index contributed by atoms with van der Waals surface area (Å²) in [6.07, 6.45) is 3.49. The van der Waals surface area contributed by atoms with Gasteiger partial charge in [0, 0.05) is 24.5 Å². The maximum absolute atomic E-state index is 13.2. The fourth-order valence-corrected chi connectivity index (χ4v) is 3.13. The second-order valence-corrected chi connectivity index (χ2v) is 6.01. The van der Waals surface area contributed by atoms with Gasteiger partial charge in [-0.25, -0.2) is 4.39 Å². The van der Waals surface area contributed by atoms with Gasteiger partial charge < -0.3 is 15.0 Å². The van der Waals surface area contributed by atoms with Crippen LogP contribution in [0.5, 0.6) is 0 Å². The zero-order valence-electron chi connectivity index (χ0n) is 12.0. The molecule has 112 valence electrons. The number of carbonyl (C=O) groups excluding carboxylic acids is 1. The summed E-state index contributed by atoms with van der Waals surface area (Å²) in [5.74, 6) is -0.513. The number of carbonyl (C=O) groups is 1. The maximum Gasteiger partial charge on any atom is 0.270 e. The highest BCUT2D eigenvalue weighted by Gasteiger charge is 2.33. The third-order valence-corrected chi connectivity index (χ3v) is 4.23. The second kappa shape index (κ2) is 5.15. The molecule has 0 saturated heterocycles. The van der Waals surface area contributed by atoms with Gasteiger partial charge in [-0.1, -0.05) is 12.8 Å². The monoisotopic (exact) mass is 290 g/mol. The summed E-state index contributed by atoms with van der Waals surface area (Å²) < 4.78 is 13.2. The molecule has 1 fully saturated rings. The molecule has 5 heteroatoms. The number of rotatable bonds is 3. The van der Waals surface area contributed by atoms with Gasteiger partial charge >= 0.3 is 0 Å². The summed E-state index contributed by atoms with van der Waals surface area (Å²) in [4.78, 5) is 17.0. The molecular formula is C16H19FN2O2. The van der Waals surface area contributed by atoms with E-state index in [1.54, 1.807) is 19.2 Å². The predicted octanol–water partition coefficient (Wildman–Crippen LogP) is 2.68. The predicted molar refractivity (Wildman–Crippen MR) is 78.6 cm³/mol. The molecule has 0 aliphatic heterocycles. The van der Waals surface area contributed by atoms with Crippen molar-refractivity contribution in [2.24, 2.45) is 0 Å². The van der Waals surface area contributed by atoms with E-state index >= 15 is 0 Å². The van der Waals surface area contributed by atoms with Crippen LogP contribution in [-0.4, -0.2) is 40.1 Å². The molecule has 1 aromatic carbocycles. The van der Waals surface area contributed by atoms with Crippen molar-refractivity contribution in [3.63, 3.8) is 0 Å². The summed E-state index contributed by atoms with van der Waals surface area (Å²) in [7, 11) is 1.69. The third kappa shape index (κ3) is 2.78. The van der Waals surface area contributed by atoms with E-state index in [-0.39, 0.29) is 11.7 Å². The van der Waals surface area contributed by atoms with Crippen molar-refractivity contribution in [1.82, 2.24) is 9.88 Å². The second-order valence-electron chi connectivity index (χ2n) is 6.01. The van der Waals surface area contributed by atoms with E-state index in [4.69, 9.17) is 0 Å². The first-order valence-corrected chi connectivity index (χ1v) is 7.23. The Bertz CT molecular complexity index is 674. The van der Waals surface area contributed by atoms with E-state index in [1.807, 2.05) is 0 Å². The number of H-pyrrole nitrogens is 1. The lowest BCUT2D eigenvalue weighted by Gasteiger charge is -2.28. The zero-order valence-corrected chi connectivity index (χ0v) is 12.0. The van der Waals surface area contributed by atoms with Crippen molar-refractivity contribution in [1.29, 1.82) is 0 Å². The number of hydrogen-bond acceptors (Lipinski definition) is 2. The summed E-state index contributed by atoms with van der Waals surface area (Å²) in [5, 5.41) is 11.1. The number of aliphatic hydroxyl groups is 1. The van der Waals surface area contributed by atoms with Crippen molar-refractivity contribution >= 4 is 16.8 Å². The van der Waals surface area contributed by atoms with Gasteiger partial charge in [0.15, 0.2) is 0 Å². The third-order valence-electron chi connectivity index (χ3n) is 4.23. The van der Waals surface area contributed by atoms with E-state index in [9.17, 15) is 14.3 Å². The Hall–Kier alpha value is -1.88. The topological polar surface area (TPSA) is 56.3 Å². The Kier molecular flexibility index (Phi) is 3.45. The molecule has 4 nitrogen and oxygen atoms in total. The molecule has 0 unspecified atom stereocenters. The Balaban J connectivity index is 1.79. The maximum atomic E-state index is 13.2. The van der Waals surface area contributed by atoms with Gasteiger partial charge in [0.25, 0.3) is 5.91 Å². The minimum Gasteiger partial charge on any atom is -0.388 e. The largest absolute Gasteiger partial charge is 0.388 e. The Morgan fingerprint density at radius 1 is 1.38 bits per heavy atom. The van der Waals surface area contributed by atoms with Crippen LogP contribution in [0.3, 0.4) is 0 Å². The molecule has 2 N–H and O–H groups in total. The van der Waals surface area contributed by atoms with E-state index < -0.39 is 5.60 Å². The molecule has 0 bridgehead atoms. The highest BCUT2D eigenvalue weighted by Crippen LogP contribution is 2.30. The van der Waals surface area contributed by atoms with Crippen molar-refractivity contribution in [2.45, 2.75) is 31.3 Å². The van der Waals surface area contributed by atoms with E-state index in [1.165, 1.54) is 17.0 Å². The zero-order chi connectivity index (χ0) is 15.0. The first kappa shape index (κ1) is 14.1. The fourth-order valence-electron chi connectivity index (χ4n) is 3.13. The van der Waals surface area contributed by atoms with E-state index in [2.05, 4.69) is 4.98 Å². The molecule has 0 radical (unpaired) electrons. The van der Waals surface area contributed by atoms with Crippen LogP contribution in [0.2, 0.25) is 0 Å². The average molecular weight is 290 g/mol. The van der Waals surface area contributed by atoms with Crippen molar-refractivity contribution < 1.29 is 14.3 Å². The number of fused-ring (bicyclic) bond motifs is 1. The molecule has 1 aromatic heterocycles. The molecule has 1 aliphatic rings. The molecular weight excluding hydrogens is 271 g/mol. The molecule has 0 atom stereocenters. The molecule has 1 saturated carbocycles. The first-order chi connectivity index (χ1) is 9.97. The molecule has 1 amide bonds. The Morgan fingerprint density at radius 3 is 2.81 bits per heavy atom. The van der Waals surface area contributed by atoms with E-state index in [0.29, 0.717) is 17.6 Å². The molecule has 1 aliphatic carbocycles. The normalized spacial score (nSPS) is 17.3. The molecule has 2 aromatic rings. The lowest BCUT2D eigenvalue weighted by atomic mass is 10.0. The number of nitrogens with zero attached hydrogens (tertiary/aromatic N) is 1. The van der Waals surface area contributed by atoms with Crippen LogP contribution in [-0.2, 0) is 0 Å². The van der Waals surface area contributed by atoms with Gasteiger partial charge in [0.1, 0.15) is 11.5 Å². The Labute approximate surface area is 122 Å². The smallest absolute Gasteiger partial charge is 0.270 e. The SMILES string of the molecule is CN(CC1(O)CCCC1)C(=O)c1cc2cc(F)ccc2[nH]1. The minimum atomic E-state index is -0.761. The lowest BCUT2D eigenvalue weighted by molar-refractivity contribution is 0.0155. The number of hydrogen-bond donors (Lipinski definition) is 2. The van der Waals surface area contributed by atoms with Crippen LogP contribution in [0.15, 0.2) is 24.3 Å². The standard InChI is InChI=1S/C16H19FN2O2/c1-19(10-16(21)6-2-3-7-16)15(20)14-9-11-8-12(17)4-5-13(11)18-14/h4-5,8-9,18,21H,2-3,6-7,10H2,1H3. The van der Waals surface area contributed by atoms with Crippen LogP contribution in [0.4, 0.5) is 4.39 Å². The molecule has 1 heterocycles. The van der Waals surface area contributed by atoms with Gasteiger partial charge in [-0.3, -0.25) is 4.79 Å². The van der Waals surface area contributed by atoms with Crippen molar-refractivity contribution in [3.8, 4) is 0 Å². The number of aromatic nitrogens is 1. The summed E-state index contributed by atoms with van der Waals surface area (Å²) in [6.45, 7) is 0.329. The number of amides is 1. The van der Waals surface area contributed by atoms with Gasteiger partial charge in [-0.15, -0.1) is 0 Å². The van der Waals surface area contributed by atoms with Crippen LogP contribution in [0.25, 0.3) is 10.9 Å². The van der Waals surface area contributed by atoms with Gasteiger partial charge in [-0.05, 0) is 37.1 Å². The van der Waals surface area contributed by atoms with Gasteiger partial charge in [0.05, 0.1) is 5.60 Å². The molecule has 21 heavy (non-hydrogen) atoms. The molecule has 0 spiro atoms. The highest BCUT2D eigenvalue weighted by molar-refractivity contribution is 5.97. The number of likely N-dealkylation sites (N-methyl/N-ethyl adjacent to an activating group) is 1. The first-order valence-electron chi connectivity index (χ1n) is 7.23. The van der Waals surface area contributed by atoms with Crippen molar-refractivity contribution in [3.05, 3.63) is 35.8 Å². The summed E-state index contributed by atoms with van der Waals surface area (Å²) in [6, 6.07) is 6.02. The van der Waals surface area contributed by atoms with Gasteiger partial charge in [-0.2, -0.15) is 0 Å². The summed E-state index contributed by atoms with van der Waals surface area (Å²) >= 11 is 0. The van der Waals surface area contributed by atoms with Gasteiger partial charge in [0.2, 0.25) is 0 Å². The minimum absolute atomic E-state index is 0.188. The quantitative estimate of drug-likeness (QED) is 0.913. The van der Waals surface area contributed by atoms with Crippen LogP contribution in [0, 0.1) is 5.82 Å². The summed E-state index contributed by atoms with van der Waals surface area (Å²) in [5.41, 5.74) is 0.384. The average Bonchev–Trinajstić information content (AvgIpc) is 3.03. The van der Waals surface area contributed by atoms with Crippen molar-refractivity contribution in [2.75, 3.05) is 13.6 Å². The number of benzene rings is 1. The number of nitrogens with one attached hydrogen (secondary N) is 1. The fraction of sp³-hybridized carbons (Fsp3) is 0.438. The highest BCUT2D eigenvalue weighted by atomic mass is 19.1.